The molecule has 96 valence electrons. The molecule has 16 heavy (non-hydrogen) atoms. The minimum absolute atomic E-state index is 1.18. The van der Waals surface area contributed by atoms with Crippen LogP contribution in [0.5, 0.6) is 0 Å². The van der Waals surface area contributed by atoms with E-state index in [0.29, 0.717) is 0 Å². The van der Waals surface area contributed by atoms with Crippen molar-refractivity contribution < 1.29 is 0 Å². The highest BCUT2D eigenvalue weighted by Crippen LogP contribution is 2.15. The van der Waals surface area contributed by atoms with Crippen LogP contribution in [0.4, 0.5) is 0 Å². The van der Waals surface area contributed by atoms with Gasteiger partial charge in [-0.15, -0.1) is 0 Å². The van der Waals surface area contributed by atoms with Gasteiger partial charge >= 0.3 is 0 Å². The van der Waals surface area contributed by atoms with Crippen LogP contribution >= 0.6 is 0 Å². The molecule has 0 unspecified atom stereocenters. The Balaban J connectivity index is -0.000000376. The Kier molecular flexibility index (Phi) is 25.4. The van der Waals surface area contributed by atoms with Gasteiger partial charge in [0.1, 0.15) is 0 Å². The van der Waals surface area contributed by atoms with Gasteiger partial charge in [0, 0.05) is 0 Å². The van der Waals surface area contributed by atoms with Crippen LogP contribution < -0.4 is 0 Å². The third kappa shape index (κ3) is 13.2. The van der Waals surface area contributed by atoms with Crippen molar-refractivity contribution in [2.45, 2.75) is 68.2 Å². The molecule has 0 bridgehead atoms. The van der Waals surface area contributed by atoms with E-state index in [2.05, 4.69) is 45.1 Å². The average Bonchev–Trinajstić information content (AvgIpc) is 2.38. The lowest BCUT2D eigenvalue weighted by Crippen LogP contribution is -1.84. The molecule has 0 N–H and O–H groups in total. The lowest BCUT2D eigenvalue weighted by molar-refractivity contribution is 0.911. The molecule has 0 aliphatic carbocycles. The van der Waals surface area contributed by atoms with Gasteiger partial charge in [0.05, 0.1) is 0 Å². The summed E-state index contributed by atoms with van der Waals surface area (Å²) in [5.41, 5.74) is 2.85. The molecule has 0 aliphatic heterocycles. The monoisotopic (exact) mass is 224 g/mol. The Morgan fingerprint density at radius 3 is 1.81 bits per heavy atom. The van der Waals surface area contributed by atoms with E-state index in [9.17, 15) is 0 Å². The first-order chi connectivity index (χ1) is 7.76. The molecule has 0 aromatic carbocycles. The highest BCUT2D eigenvalue weighted by Gasteiger charge is 1.95. The van der Waals surface area contributed by atoms with E-state index in [1.807, 2.05) is 34.6 Å². The molecule has 0 heterocycles. The fourth-order valence-corrected chi connectivity index (χ4v) is 1.08. The molecule has 0 nitrogen and oxygen atoms in total. The van der Waals surface area contributed by atoms with Gasteiger partial charge in [-0.05, 0) is 32.8 Å². The fourth-order valence-electron chi connectivity index (χ4n) is 1.08. The van der Waals surface area contributed by atoms with Crippen LogP contribution in [0.2, 0.25) is 0 Å². The Labute approximate surface area is 104 Å². The standard InChI is InChI=1S/C12H20.2C2H6/c1-5-8-10-12(9-6-2)11(4)7-3;2*1-2/h5,7-8,10H,6,9H2,1-4H3;2*1-2H3/b8-5-,11-7-,12-10-;;. The summed E-state index contributed by atoms with van der Waals surface area (Å²) in [7, 11) is 0. The van der Waals surface area contributed by atoms with Crippen LogP contribution in [0.25, 0.3) is 0 Å². The fraction of sp³-hybridized carbons (Fsp3) is 0.625. The summed E-state index contributed by atoms with van der Waals surface area (Å²) in [6.45, 7) is 16.5. The molecule has 0 fully saturated rings. The summed E-state index contributed by atoms with van der Waals surface area (Å²) in [4.78, 5) is 0. The lowest BCUT2D eigenvalue weighted by Gasteiger charge is -2.04. The third-order valence-corrected chi connectivity index (χ3v) is 1.95. The van der Waals surface area contributed by atoms with Crippen molar-refractivity contribution in [2.75, 3.05) is 0 Å². The van der Waals surface area contributed by atoms with Crippen molar-refractivity contribution in [3.05, 3.63) is 35.5 Å². The first kappa shape index (κ1) is 20.6. The summed E-state index contributed by atoms with van der Waals surface area (Å²) in [6.07, 6.45) is 11.0. The van der Waals surface area contributed by atoms with Crippen molar-refractivity contribution >= 4 is 0 Å². The predicted molar refractivity (Wildman–Crippen MR) is 79.9 cm³/mol. The van der Waals surface area contributed by atoms with Crippen LogP contribution in [0.3, 0.4) is 0 Å². The van der Waals surface area contributed by atoms with Crippen molar-refractivity contribution in [2.24, 2.45) is 0 Å². The molecule has 0 aromatic heterocycles. The van der Waals surface area contributed by atoms with Crippen molar-refractivity contribution in [3.63, 3.8) is 0 Å². The molecule has 0 atom stereocenters. The number of rotatable bonds is 4. The van der Waals surface area contributed by atoms with Crippen molar-refractivity contribution in [1.29, 1.82) is 0 Å². The molecule has 0 saturated heterocycles. The molecule has 0 amide bonds. The van der Waals surface area contributed by atoms with Crippen LogP contribution in [0.1, 0.15) is 68.2 Å². The van der Waals surface area contributed by atoms with Crippen molar-refractivity contribution in [1.82, 2.24) is 0 Å². The predicted octanol–water partition coefficient (Wildman–Crippen LogP) is 6.31. The smallest absolute Gasteiger partial charge is 0.0279 e. The van der Waals surface area contributed by atoms with E-state index in [1.165, 1.54) is 24.0 Å². The summed E-state index contributed by atoms with van der Waals surface area (Å²) in [5.74, 6) is 0. The lowest BCUT2D eigenvalue weighted by atomic mass is 10.0. The van der Waals surface area contributed by atoms with Gasteiger partial charge < -0.3 is 0 Å². The van der Waals surface area contributed by atoms with Crippen LogP contribution in [-0.4, -0.2) is 0 Å². The zero-order chi connectivity index (χ0) is 13.4. The normalized spacial score (nSPS) is 11.5. The maximum atomic E-state index is 2.21. The largest absolute Gasteiger partial charge is 0.0877 e. The molecule has 0 rings (SSSR count). The summed E-state index contributed by atoms with van der Waals surface area (Å²) in [5, 5.41) is 0. The molecule has 0 aromatic rings. The zero-order valence-electron chi connectivity index (χ0n) is 12.7. The number of allylic oxidation sites excluding steroid dienone is 6. The Bertz CT molecular complexity index is 192. The topological polar surface area (TPSA) is 0 Å². The maximum Gasteiger partial charge on any atom is -0.0279 e. The second-order valence-corrected chi connectivity index (χ2v) is 2.94. The SMILES string of the molecule is CC.CC.C\C=C/C=C(CCC)\C(C)=C/C. The van der Waals surface area contributed by atoms with Gasteiger partial charge in [-0.2, -0.15) is 0 Å². The van der Waals surface area contributed by atoms with E-state index in [1.54, 1.807) is 0 Å². The molecule has 0 heteroatoms. The highest BCUT2D eigenvalue weighted by molar-refractivity contribution is 5.31. The quantitative estimate of drug-likeness (QED) is 0.491. The second kappa shape index (κ2) is 19.7. The van der Waals surface area contributed by atoms with E-state index >= 15 is 0 Å². The van der Waals surface area contributed by atoms with Crippen LogP contribution in [0.15, 0.2) is 35.5 Å². The Morgan fingerprint density at radius 1 is 1.00 bits per heavy atom. The molecule has 0 saturated carbocycles. The summed E-state index contributed by atoms with van der Waals surface area (Å²) in [6, 6.07) is 0. The van der Waals surface area contributed by atoms with Gasteiger partial charge in [0.2, 0.25) is 0 Å². The van der Waals surface area contributed by atoms with Crippen molar-refractivity contribution in [3.8, 4) is 0 Å². The van der Waals surface area contributed by atoms with E-state index in [4.69, 9.17) is 0 Å². The average molecular weight is 224 g/mol. The van der Waals surface area contributed by atoms with Crippen LogP contribution in [0, 0.1) is 0 Å². The molecule has 0 aliphatic rings. The minimum atomic E-state index is 1.18. The molecular formula is C16H32. The Hall–Kier alpha value is -0.780. The summed E-state index contributed by atoms with van der Waals surface area (Å²) < 4.78 is 0. The first-order valence-corrected chi connectivity index (χ1v) is 6.71. The van der Waals surface area contributed by atoms with Gasteiger partial charge in [-0.3, -0.25) is 0 Å². The summed E-state index contributed by atoms with van der Waals surface area (Å²) >= 11 is 0. The van der Waals surface area contributed by atoms with Gasteiger partial charge in [0.25, 0.3) is 0 Å². The maximum absolute atomic E-state index is 2.21. The zero-order valence-corrected chi connectivity index (χ0v) is 12.7. The van der Waals surface area contributed by atoms with E-state index in [-0.39, 0.29) is 0 Å². The number of hydrogen-bond acceptors (Lipinski definition) is 0. The van der Waals surface area contributed by atoms with E-state index < -0.39 is 0 Å². The van der Waals surface area contributed by atoms with Crippen LogP contribution in [-0.2, 0) is 0 Å². The molecule has 0 spiro atoms. The highest BCUT2D eigenvalue weighted by atomic mass is 14.0. The second-order valence-electron chi connectivity index (χ2n) is 2.94. The minimum Gasteiger partial charge on any atom is -0.0877 e. The number of hydrogen-bond donors (Lipinski definition) is 0. The first-order valence-electron chi connectivity index (χ1n) is 6.71. The van der Waals surface area contributed by atoms with Gasteiger partial charge in [-0.25, -0.2) is 0 Å². The third-order valence-electron chi connectivity index (χ3n) is 1.95. The molecular weight excluding hydrogens is 192 g/mol. The Morgan fingerprint density at radius 2 is 1.50 bits per heavy atom. The van der Waals surface area contributed by atoms with E-state index in [0.717, 1.165) is 0 Å². The van der Waals surface area contributed by atoms with Gasteiger partial charge in [-0.1, -0.05) is 70.9 Å². The van der Waals surface area contributed by atoms with Gasteiger partial charge in [0.15, 0.2) is 0 Å². The molecule has 0 radical (unpaired) electrons.